The molecular weight excluding hydrogens is 364 g/mol. The number of hydrogen-bond donors (Lipinski definition) is 3. The van der Waals surface area contributed by atoms with Crippen molar-refractivity contribution in [3.05, 3.63) is 24.3 Å². The average molecular weight is 399 g/mol. The van der Waals surface area contributed by atoms with Crippen LogP contribution in [0.3, 0.4) is 0 Å². The molecule has 0 spiro atoms. The van der Waals surface area contributed by atoms with Crippen LogP contribution in [0.1, 0.15) is 39.5 Å². The van der Waals surface area contributed by atoms with Crippen LogP contribution in [0.25, 0.3) is 10.9 Å². The Hall–Kier alpha value is -2.41. The molecule has 4 N–H and O–H groups in total. The number of nitrogens with two attached hydrogens (primary N) is 1. The Kier molecular flexibility index (Phi) is 6.57. The van der Waals surface area contributed by atoms with Gasteiger partial charge in [-0.05, 0) is 71.7 Å². The van der Waals surface area contributed by atoms with Crippen LogP contribution in [-0.4, -0.2) is 53.5 Å². The first-order valence-corrected chi connectivity index (χ1v) is 10.5. The van der Waals surface area contributed by atoms with E-state index >= 15 is 0 Å². The molecule has 1 aliphatic carbocycles. The molecule has 1 aromatic heterocycles. The zero-order valence-corrected chi connectivity index (χ0v) is 18.0. The molecule has 1 heterocycles. The zero-order valence-electron chi connectivity index (χ0n) is 18.0. The molecule has 1 saturated carbocycles. The number of benzene rings is 1. The Morgan fingerprint density at radius 3 is 2.52 bits per heavy atom. The SMILES string of the molecule is CN(C)CC(C)(C)Nc1nc(NCC2CCC(C(N)=O)CC2)nc2ccccc12. The number of likely N-dealkylation sites (N-methyl/N-ethyl adjacent to an activating group) is 1. The molecule has 0 aliphatic heterocycles. The number of primary amides is 1. The normalized spacial score (nSPS) is 20.0. The number of para-hydroxylation sites is 1. The molecule has 3 rings (SSSR count). The Labute approximate surface area is 173 Å². The highest BCUT2D eigenvalue weighted by Crippen LogP contribution is 2.29. The second-order valence-corrected chi connectivity index (χ2v) is 9.16. The van der Waals surface area contributed by atoms with Crippen molar-refractivity contribution in [1.29, 1.82) is 0 Å². The molecule has 158 valence electrons. The second-order valence-electron chi connectivity index (χ2n) is 9.16. The fourth-order valence-electron chi connectivity index (χ4n) is 4.29. The third-order valence-electron chi connectivity index (χ3n) is 5.57. The predicted molar refractivity (Wildman–Crippen MR) is 119 cm³/mol. The summed E-state index contributed by atoms with van der Waals surface area (Å²) in [4.78, 5) is 23.0. The number of nitrogens with one attached hydrogen (secondary N) is 2. The zero-order chi connectivity index (χ0) is 21.0. The molecule has 1 amide bonds. The number of fused-ring (bicyclic) bond motifs is 1. The van der Waals surface area contributed by atoms with Gasteiger partial charge >= 0.3 is 0 Å². The van der Waals surface area contributed by atoms with Gasteiger partial charge in [-0.15, -0.1) is 0 Å². The van der Waals surface area contributed by atoms with Crippen LogP contribution in [0.15, 0.2) is 24.3 Å². The van der Waals surface area contributed by atoms with Crippen LogP contribution in [0.4, 0.5) is 11.8 Å². The fourth-order valence-corrected chi connectivity index (χ4v) is 4.29. The lowest BCUT2D eigenvalue weighted by Gasteiger charge is -2.30. The smallest absolute Gasteiger partial charge is 0.225 e. The topological polar surface area (TPSA) is 96.2 Å². The lowest BCUT2D eigenvalue weighted by atomic mass is 9.82. The molecular formula is C22H34N6O. The van der Waals surface area contributed by atoms with Gasteiger partial charge in [0.15, 0.2) is 0 Å². The van der Waals surface area contributed by atoms with E-state index in [1.165, 1.54) is 0 Å². The van der Waals surface area contributed by atoms with Crippen LogP contribution in [0.2, 0.25) is 0 Å². The summed E-state index contributed by atoms with van der Waals surface area (Å²) in [6.45, 7) is 6.05. The maximum atomic E-state index is 11.4. The first-order valence-electron chi connectivity index (χ1n) is 10.5. The first kappa shape index (κ1) is 21.3. The van der Waals surface area contributed by atoms with Gasteiger partial charge in [0, 0.05) is 29.9 Å². The van der Waals surface area contributed by atoms with Crippen molar-refractivity contribution in [1.82, 2.24) is 14.9 Å². The van der Waals surface area contributed by atoms with Crippen LogP contribution in [-0.2, 0) is 4.79 Å². The summed E-state index contributed by atoms with van der Waals surface area (Å²) in [6, 6.07) is 8.09. The quantitative estimate of drug-likeness (QED) is 0.632. The number of amides is 1. The van der Waals surface area contributed by atoms with Crippen LogP contribution >= 0.6 is 0 Å². The van der Waals surface area contributed by atoms with E-state index in [-0.39, 0.29) is 17.4 Å². The monoisotopic (exact) mass is 398 g/mol. The number of aromatic nitrogens is 2. The van der Waals surface area contributed by atoms with Gasteiger partial charge in [-0.3, -0.25) is 4.79 Å². The highest BCUT2D eigenvalue weighted by Gasteiger charge is 2.25. The Balaban J connectivity index is 1.73. The van der Waals surface area contributed by atoms with Crippen molar-refractivity contribution in [2.24, 2.45) is 17.6 Å². The summed E-state index contributed by atoms with van der Waals surface area (Å²) in [5.74, 6) is 1.89. The molecule has 29 heavy (non-hydrogen) atoms. The molecule has 2 aromatic rings. The fraction of sp³-hybridized carbons (Fsp3) is 0.591. The number of rotatable bonds is 8. The van der Waals surface area contributed by atoms with Crippen molar-refractivity contribution in [2.45, 2.75) is 45.1 Å². The minimum atomic E-state index is -0.162. The maximum Gasteiger partial charge on any atom is 0.225 e. The van der Waals surface area contributed by atoms with E-state index < -0.39 is 0 Å². The van der Waals surface area contributed by atoms with Gasteiger partial charge in [0.2, 0.25) is 11.9 Å². The van der Waals surface area contributed by atoms with Crippen molar-refractivity contribution < 1.29 is 4.79 Å². The van der Waals surface area contributed by atoms with E-state index in [4.69, 9.17) is 15.7 Å². The number of hydrogen-bond acceptors (Lipinski definition) is 6. The Morgan fingerprint density at radius 1 is 1.17 bits per heavy atom. The van der Waals surface area contributed by atoms with Gasteiger partial charge in [0.25, 0.3) is 0 Å². The summed E-state index contributed by atoms with van der Waals surface area (Å²) >= 11 is 0. The molecule has 7 nitrogen and oxygen atoms in total. The van der Waals surface area contributed by atoms with E-state index in [0.717, 1.165) is 55.5 Å². The number of nitrogens with zero attached hydrogens (tertiary/aromatic N) is 3. The van der Waals surface area contributed by atoms with Gasteiger partial charge < -0.3 is 21.3 Å². The van der Waals surface area contributed by atoms with Crippen molar-refractivity contribution in [3.8, 4) is 0 Å². The van der Waals surface area contributed by atoms with E-state index in [1.807, 2.05) is 18.2 Å². The molecule has 0 bridgehead atoms. The second kappa shape index (κ2) is 8.95. The standard InChI is InChI=1S/C22H34N6O/c1-22(2,14-28(3)4)27-20-17-7-5-6-8-18(17)25-21(26-20)24-13-15-9-11-16(12-10-15)19(23)29/h5-8,15-16H,9-14H2,1-4H3,(H2,23,29)(H2,24,25,26,27). The van der Waals surface area contributed by atoms with Gasteiger partial charge in [-0.2, -0.15) is 4.98 Å². The highest BCUT2D eigenvalue weighted by atomic mass is 16.1. The third kappa shape index (κ3) is 5.79. The Bertz CT molecular complexity index is 842. The average Bonchev–Trinajstić information content (AvgIpc) is 2.65. The number of carbonyl (C=O) groups is 1. The summed E-state index contributed by atoms with van der Waals surface area (Å²) in [6.07, 6.45) is 3.78. The largest absolute Gasteiger partial charge is 0.369 e. The van der Waals surface area contributed by atoms with Crippen LogP contribution in [0.5, 0.6) is 0 Å². The Morgan fingerprint density at radius 2 is 1.86 bits per heavy atom. The van der Waals surface area contributed by atoms with Gasteiger partial charge in [0.1, 0.15) is 5.82 Å². The maximum absolute atomic E-state index is 11.4. The van der Waals surface area contributed by atoms with E-state index in [1.54, 1.807) is 0 Å². The molecule has 0 saturated heterocycles. The molecule has 1 fully saturated rings. The van der Waals surface area contributed by atoms with Crippen molar-refractivity contribution in [3.63, 3.8) is 0 Å². The highest BCUT2D eigenvalue weighted by molar-refractivity contribution is 5.90. The van der Waals surface area contributed by atoms with E-state index in [2.05, 4.69) is 49.5 Å². The summed E-state index contributed by atoms with van der Waals surface area (Å²) in [5.41, 5.74) is 6.23. The summed E-state index contributed by atoms with van der Waals surface area (Å²) in [7, 11) is 4.14. The van der Waals surface area contributed by atoms with E-state index in [0.29, 0.717) is 11.9 Å². The van der Waals surface area contributed by atoms with Crippen LogP contribution in [0, 0.1) is 11.8 Å². The summed E-state index contributed by atoms with van der Waals surface area (Å²) in [5, 5.41) is 8.05. The minimum absolute atomic E-state index is 0.0397. The lowest BCUT2D eigenvalue weighted by molar-refractivity contribution is -0.122. The van der Waals surface area contributed by atoms with Gasteiger partial charge in [0.05, 0.1) is 5.52 Å². The number of anilines is 2. The molecule has 0 atom stereocenters. The lowest BCUT2D eigenvalue weighted by Crippen LogP contribution is -2.41. The number of carbonyl (C=O) groups excluding carboxylic acids is 1. The predicted octanol–water partition coefficient (Wildman–Crippen LogP) is 3.09. The molecule has 1 aliphatic rings. The van der Waals surface area contributed by atoms with Crippen LogP contribution < -0.4 is 16.4 Å². The van der Waals surface area contributed by atoms with Gasteiger partial charge in [-0.1, -0.05) is 12.1 Å². The van der Waals surface area contributed by atoms with Crippen molar-refractivity contribution >= 4 is 28.6 Å². The molecule has 1 aromatic carbocycles. The summed E-state index contributed by atoms with van der Waals surface area (Å²) < 4.78 is 0. The third-order valence-corrected chi connectivity index (χ3v) is 5.57. The first-order chi connectivity index (χ1) is 13.7. The van der Waals surface area contributed by atoms with Crippen molar-refractivity contribution in [2.75, 3.05) is 37.8 Å². The van der Waals surface area contributed by atoms with Gasteiger partial charge in [-0.25, -0.2) is 4.98 Å². The minimum Gasteiger partial charge on any atom is -0.369 e. The molecule has 0 radical (unpaired) electrons. The molecule has 0 unspecified atom stereocenters. The molecule has 7 heteroatoms. The van der Waals surface area contributed by atoms with E-state index in [9.17, 15) is 4.79 Å².